The Hall–Kier alpha value is -3.56. The summed E-state index contributed by atoms with van der Waals surface area (Å²) in [6.07, 6.45) is 0. The summed E-state index contributed by atoms with van der Waals surface area (Å²) in [5, 5.41) is 3.29. The molecule has 1 unspecified atom stereocenters. The highest BCUT2D eigenvalue weighted by Crippen LogP contribution is 2.29. The van der Waals surface area contributed by atoms with E-state index in [9.17, 15) is 18.0 Å². The van der Waals surface area contributed by atoms with Crippen molar-refractivity contribution in [2.75, 3.05) is 18.0 Å². The molecule has 1 atom stereocenters. The molecule has 0 saturated heterocycles. The largest absolute Gasteiger partial charge is 0.497 e. The van der Waals surface area contributed by atoms with Crippen LogP contribution in [0.15, 0.2) is 71.6 Å². The van der Waals surface area contributed by atoms with E-state index in [4.69, 9.17) is 16.3 Å². The van der Waals surface area contributed by atoms with Gasteiger partial charge in [0.15, 0.2) is 0 Å². The molecule has 0 radical (unpaired) electrons. The van der Waals surface area contributed by atoms with Gasteiger partial charge in [0, 0.05) is 17.6 Å². The second kappa shape index (κ2) is 13.2. The Kier molecular flexibility index (Phi) is 10.2. The molecule has 0 aromatic heterocycles. The van der Waals surface area contributed by atoms with E-state index < -0.39 is 28.5 Å². The van der Waals surface area contributed by atoms with Crippen LogP contribution in [0.4, 0.5) is 5.69 Å². The predicted molar refractivity (Wildman–Crippen MR) is 158 cm³/mol. The highest BCUT2D eigenvalue weighted by molar-refractivity contribution is 7.92. The van der Waals surface area contributed by atoms with E-state index in [0.717, 1.165) is 15.4 Å². The number of halogens is 1. The Balaban J connectivity index is 2.06. The van der Waals surface area contributed by atoms with E-state index in [1.165, 1.54) is 17.0 Å². The van der Waals surface area contributed by atoms with Crippen molar-refractivity contribution >= 4 is 39.1 Å². The second-order valence-electron chi connectivity index (χ2n) is 9.96. The summed E-state index contributed by atoms with van der Waals surface area (Å²) in [7, 11) is -2.60. The number of carbonyl (C=O) groups is 2. The molecule has 214 valence electrons. The molecule has 0 fully saturated rings. The minimum Gasteiger partial charge on any atom is -0.497 e. The summed E-state index contributed by atoms with van der Waals surface area (Å²) in [5.74, 6) is -0.222. The standard InChI is InChI=1S/C30H36ClN3O5S/c1-20(2)32-30(36)23(5)33(18-24-9-12-26(39-6)13-10-24)29(35)19-34(28-16-11-25(31)17-22(28)4)40(37,38)27-14-7-21(3)8-15-27/h7-17,20,23H,18-19H2,1-6H3,(H,32,36). The first-order valence-electron chi connectivity index (χ1n) is 12.9. The SMILES string of the molecule is COc1ccc(CN(C(=O)CN(c2ccc(Cl)cc2C)S(=O)(=O)c2ccc(C)cc2)C(C)C(=O)NC(C)C)cc1. The number of amides is 2. The number of ether oxygens (including phenoxy) is 1. The van der Waals surface area contributed by atoms with E-state index in [0.29, 0.717) is 22.0 Å². The number of sulfonamides is 1. The molecular weight excluding hydrogens is 550 g/mol. The summed E-state index contributed by atoms with van der Waals surface area (Å²) in [4.78, 5) is 28.4. The first kappa shape index (κ1) is 31.0. The van der Waals surface area contributed by atoms with Crippen LogP contribution in [0.25, 0.3) is 0 Å². The third-order valence-electron chi connectivity index (χ3n) is 6.43. The normalized spacial score (nSPS) is 12.1. The number of rotatable bonds is 11. The molecule has 0 saturated carbocycles. The van der Waals surface area contributed by atoms with Crippen LogP contribution < -0.4 is 14.4 Å². The van der Waals surface area contributed by atoms with Gasteiger partial charge in [-0.15, -0.1) is 0 Å². The lowest BCUT2D eigenvalue weighted by atomic mass is 10.1. The van der Waals surface area contributed by atoms with Crippen LogP contribution in [0, 0.1) is 13.8 Å². The Morgan fingerprint density at radius 3 is 2.12 bits per heavy atom. The second-order valence-corrected chi connectivity index (χ2v) is 12.3. The summed E-state index contributed by atoms with van der Waals surface area (Å²) < 4.78 is 34.2. The summed E-state index contributed by atoms with van der Waals surface area (Å²) in [5.41, 5.74) is 2.57. The van der Waals surface area contributed by atoms with E-state index in [-0.39, 0.29) is 23.4 Å². The number of anilines is 1. The Morgan fingerprint density at radius 2 is 1.57 bits per heavy atom. The molecule has 1 N–H and O–H groups in total. The maximum Gasteiger partial charge on any atom is 0.264 e. The van der Waals surface area contributed by atoms with Crippen molar-refractivity contribution in [2.24, 2.45) is 0 Å². The molecule has 0 heterocycles. The Labute approximate surface area is 241 Å². The summed E-state index contributed by atoms with van der Waals surface area (Å²) in [6.45, 7) is 8.46. The van der Waals surface area contributed by atoms with Crippen LogP contribution in [0.3, 0.4) is 0 Å². The van der Waals surface area contributed by atoms with Crippen molar-refractivity contribution in [3.8, 4) is 5.75 Å². The minimum atomic E-state index is -4.16. The zero-order valence-electron chi connectivity index (χ0n) is 23.6. The van der Waals surface area contributed by atoms with Crippen molar-refractivity contribution < 1.29 is 22.7 Å². The molecule has 3 aromatic carbocycles. The summed E-state index contributed by atoms with van der Waals surface area (Å²) >= 11 is 6.16. The fourth-order valence-electron chi connectivity index (χ4n) is 4.16. The first-order chi connectivity index (χ1) is 18.8. The number of hydrogen-bond donors (Lipinski definition) is 1. The van der Waals surface area contributed by atoms with Crippen molar-refractivity contribution in [3.63, 3.8) is 0 Å². The van der Waals surface area contributed by atoms with Crippen molar-refractivity contribution in [2.45, 2.75) is 58.1 Å². The van der Waals surface area contributed by atoms with Gasteiger partial charge >= 0.3 is 0 Å². The molecule has 40 heavy (non-hydrogen) atoms. The molecule has 10 heteroatoms. The van der Waals surface area contributed by atoms with E-state index in [1.54, 1.807) is 75.6 Å². The fraction of sp³-hybridized carbons (Fsp3) is 0.333. The van der Waals surface area contributed by atoms with Gasteiger partial charge in [0.1, 0.15) is 18.3 Å². The van der Waals surface area contributed by atoms with Gasteiger partial charge in [0.2, 0.25) is 11.8 Å². The lowest BCUT2D eigenvalue weighted by Crippen LogP contribution is -2.52. The maximum absolute atomic E-state index is 14.0. The van der Waals surface area contributed by atoms with E-state index >= 15 is 0 Å². The number of methoxy groups -OCH3 is 1. The smallest absolute Gasteiger partial charge is 0.264 e. The van der Waals surface area contributed by atoms with E-state index in [2.05, 4.69) is 5.32 Å². The average Bonchev–Trinajstić information content (AvgIpc) is 2.90. The molecule has 0 aliphatic carbocycles. The van der Waals surface area contributed by atoms with Crippen LogP contribution >= 0.6 is 11.6 Å². The molecule has 2 amide bonds. The molecule has 0 spiro atoms. The fourth-order valence-corrected chi connectivity index (χ4v) is 5.87. The highest BCUT2D eigenvalue weighted by atomic mass is 35.5. The van der Waals surface area contributed by atoms with Crippen LogP contribution in [-0.2, 0) is 26.2 Å². The van der Waals surface area contributed by atoms with Gasteiger partial charge in [0.25, 0.3) is 10.0 Å². The first-order valence-corrected chi connectivity index (χ1v) is 14.7. The zero-order chi connectivity index (χ0) is 29.6. The van der Waals surface area contributed by atoms with E-state index in [1.807, 2.05) is 20.8 Å². The molecule has 3 aromatic rings. The molecule has 8 nitrogen and oxygen atoms in total. The zero-order valence-corrected chi connectivity index (χ0v) is 25.2. The molecular formula is C30H36ClN3O5S. The Morgan fingerprint density at radius 1 is 0.950 bits per heavy atom. The van der Waals surface area contributed by atoms with Crippen LogP contribution in [-0.4, -0.2) is 50.9 Å². The van der Waals surface area contributed by atoms with Gasteiger partial charge in [-0.05, 0) is 88.2 Å². The lowest BCUT2D eigenvalue weighted by molar-refractivity contribution is -0.139. The average molecular weight is 586 g/mol. The van der Waals surface area contributed by atoms with Gasteiger partial charge in [-0.1, -0.05) is 41.4 Å². The van der Waals surface area contributed by atoms with Crippen molar-refractivity contribution in [1.82, 2.24) is 10.2 Å². The minimum absolute atomic E-state index is 0.0487. The van der Waals surface area contributed by atoms with Gasteiger partial charge < -0.3 is 15.0 Å². The maximum atomic E-state index is 14.0. The monoisotopic (exact) mass is 585 g/mol. The van der Waals surface area contributed by atoms with Crippen LogP contribution in [0.1, 0.15) is 37.5 Å². The van der Waals surface area contributed by atoms with Gasteiger partial charge in [-0.2, -0.15) is 0 Å². The molecule has 0 bridgehead atoms. The van der Waals surface area contributed by atoms with Crippen LogP contribution in [0.2, 0.25) is 5.02 Å². The molecule has 0 aliphatic rings. The number of nitrogens with zero attached hydrogens (tertiary/aromatic N) is 2. The predicted octanol–water partition coefficient (Wildman–Crippen LogP) is 5.10. The number of aryl methyl sites for hydroxylation is 2. The molecule has 0 aliphatic heterocycles. The molecule has 3 rings (SSSR count). The topological polar surface area (TPSA) is 96.0 Å². The Bertz CT molecular complexity index is 1440. The number of nitrogens with one attached hydrogen (secondary N) is 1. The van der Waals surface area contributed by atoms with Crippen molar-refractivity contribution in [1.29, 1.82) is 0 Å². The quantitative estimate of drug-likeness (QED) is 0.338. The number of carbonyl (C=O) groups excluding carboxylic acids is 2. The third kappa shape index (κ3) is 7.55. The third-order valence-corrected chi connectivity index (χ3v) is 8.43. The van der Waals surface area contributed by atoms with Crippen molar-refractivity contribution in [3.05, 3.63) is 88.4 Å². The van der Waals surface area contributed by atoms with Gasteiger partial charge in [0.05, 0.1) is 17.7 Å². The highest BCUT2D eigenvalue weighted by Gasteiger charge is 2.33. The van der Waals surface area contributed by atoms with Crippen LogP contribution in [0.5, 0.6) is 5.75 Å². The lowest BCUT2D eigenvalue weighted by Gasteiger charge is -2.32. The van der Waals surface area contributed by atoms with Gasteiger partial charge in [-0.3, -0.25) is 13.9 Å². The number of benzene rings is 3. The van der Waals surface area contributed by atoms with Gasteiger partial charge in [-0.25, -0.2) is 8.42 Å². The summed E-state index contributed by atoms with van der Waals surface area (Å²) in [6, 6.07) is 17.4. The number of hydrogen-bond acceptors (Lipinski definition) is 5.